The first-order valence-electron chi connectivity index (χ1n) is 9.22. The van der Waals surface area contributed by atoms with Gasteiger partial charge in [-0.3, -0.25) is 4.72 Å². The van der Waals surface area contributed by atoms with Gasteiger partial charge in [0.05, 0.1) is 10.6 Å². The largest absolute Gasteiger partial charge is 0.368 e. The van der Waals surface area contributed by atoms with Crippen LogP contribution in [-0.2, 0) is 10.0 Å². The van der Waals surface area contributed by atoms with Gasteiger partial charge in [-0.15, -0.1) is 12.4 Å². The summed E-state index contributed by atoms with van der Waals surface area (Å²) in [5.74, 6) is 0. The molecule has 0 radical (unpaired) electrons. The molecular weight excluding hydrogens is 429 g/mol. The Morgan fingerprint density at radius 1 is 1.00 bits per heavy atom. The molecule has 1 saturated heterocycles. The fourth-order valence-corrected chi connectivity index (χ4v) is 4.98. The molecule has 8 heteroatoms. The monoisotopic (exact) mass is 451 g/mol. The minimum Gasteiger partial charge on any atom is -0.368 e. The summed E-state index contributed by atoms with van der Waals surface area (Å²) in [5, 5.41) is 5.52. The fraction of sp³-hybridized carbons (Fsp3) is 0.238. The molecule has 0 amide bonds. The van der Waals surface area contributed by atoms with Gasteiger partial charge in [0, 0.05) is 47.7 Å². The standard InChI is InChI=1S/C21H22ClN3O2S.ClH/c1-15-6-7-16(14-19(15)22)24-28(26,27)21-9-8-20(25-12-10-23-11-13-25)17-4-2-3-5-18(17)21;/h2-9,14,23-24H,10-13H2,1H3;1H. The molecule has 1 fully saturated rings. The molecule has 5 nitrogen and oxygen atoms in total. The number of aryl methyl sites for hydroxylation is 1. The molecule has 3 aromatic carbocycles. The van der Waals surface area contributed by atoms with Crippen LogP contribution in [-0.4, -0.2) is 34.6 Å². The van der Waals surface area contributed by atoms with Crippen molar-refractivity contribution in [3.05, 3.63) is 65.2 Å². The Labute approximate surface area is 182 Å². The lowest BCUT2D eigenvalue weighted by Gasteiger charge is -2.30. The Bertz CT molecular complexity index is 1130. The Balaban J connectivity index is 0.00000240. The summed E-state index contributed by atoms with van der Waals surface area (Å²) in [6.45, 7) is 5.52. The third kappa shape index (κ3) is 4.46. The molecule has 3 aromatic rings. The highest BCUT2D eigenvalue weighted by Gasteiger charge is 2.21. The number of nitrogens with one attached hydrogen (secondary N) is 2. The van der Waals surface area contributed by atoms with Crippen LogP contribution in [0.25, 0.3) is 10.8 Å². The molecule has 1 aliphatic heterocycles. The molecule has 0 unspecified atom stereocenters. The van der Waals surface area contributed by atoms with E-state index in [0.717, 1.165) is 42.8 Å². The van der Waals surface area contributed by atoms with Gasteiger partial charge in [-0.1, -0.05) is 41.9 Å². The zero-order valence-corrected chi connectivity index (χ0v) is 18.4. The second-order valence-electron chi connectivity index (χ2n) is 6.93. The van der Waals surface area contributed by atoms with E-state index in [1.165, 1.54) is 0 Å². The molecule has 154 valence electrons. The van der Waals surface area contributed by atoms with E-state index in [1.807, 2.05) is 37.3 Å². The van der Waals surface area contributed by atoms with E-state index < -0.39 is 10.0 Å². The minimum atomic E-state index is -3.76. The molecule has 1 heterocycles. The zero-order valence-electron chi connectivity index (χ0n) is 16.0. The van der Waals surface area contributed by atoms with Gasteiger partial charge in [0.2, 0.25) is 0 Å². The van der Waals surface area contributed by atoms with Crippen molar-refractivity contribution in [1.29, 1.82) is 0 Å². The van der Waals surface area contributed by atoms with Gasteiger partial charge in [0.1, 0.15) is 0 Å². The van der Waals surface area contributed by atoms with Crippen LogP contribution in [0.15, 0.2) is 59.5 Å². The summed E-state index contributed by atoms with van der Waals surface area (Å²) in [5.41, 5.74) is 2.41. The quantitative estimate of drug-likeness (QED) is 0.615. The van der Waals surface area contributed by atoms with Crippen molar-refractivity contribution >= 4 is 56.2 Å². The van der Waals surface area contributed by atoms with Crippen molar-refractivity contribution in [2.24, 2.45) is 0 Å². The lowest BCUT2D eigenvalue weighted by atomic mass is 10.1. The van der Waals surface area contributed by atoms with Crippen LogP contribution in [0.5, 0.6) is 0 Å². The van der Waals surface area contributed by atoms with Crippen LogP contribution in [0, 0.1) is 6.92 Å². The molecule has 4 rings (SSSR count). The predicted molar refractivity (Wildman–Crippen MR) is 123 cm³/mol. The molecule has 0 atom stereocenters. The SMILES string of the molecule is Cc1ccc(NS(=O)(=O)c2ccc(N3CCNCC3)c3ccccc23)cc1Cl.Cl. The third-order valence-electron chi connectivity index (χ3n) is 5.03. The van der Waals surface area contributed by atoms with Gasteiger partial charge in [-0.05, 0) is 36.8 Å². The van der Waals surface area contributed by atoms with Crippen LogP contribution in [0.2, 0.25) is 5.02 Å². The second-order valence-corrected chi connectivity index (χ2v) is 8.99. The molecule has 2 N–H and O–H groups in total. The van der Waals surface area contributed by atoms with Gasteiger partial charge >= 0.3 is 0 Å². The molecule has 0 aromatic heterocycles. The van der Waals surface area contributed by atoms with Crippen LogP contribution in [0.1, 0.15) is 5.56 Å². The topological polar surface area (TPSA) is 61.4 Å². The number of anilines is 2. The summed E-state index contributed by atoms with van der Waals surface area (Å²) < 4.78 is 28.9. The maximum atomic E-state index is 13.1. The zero-order chi connectivity index (χ0) is 19.7. The number of hydrogen-bond donors (Lipinski definition) is 2. The smallest absolute Gasteiger partial charge is 0.262 e. The number of benzene rings is 3. The molecular formula is C21H23Cl2N3O2S. The van der Waals surface area contributed by atoms with E-state index in [4.69, 9.17) is 11.6 Å². The van der Waals surface area contributed by atoms with Gasteiger partial charge < -0.3 is 10.2 Å². The van der Waals surface area contributed by atoms with E-state index in [-0.39, 0.29) is 17.3 Å². The highest BCUT2D eigenvalue weighted by molar-refractivity contribution is 7.93. The van der Waals surface area contributed by atoms with Crippen molar-refractivity contribution in [2.45, 2.75) is 11.8 Å². The Kier molecular flexibility index (Phi) is 6.58. The molecule has 1 aliphatic rings. The van der Waals surface area contributed by atoms with Crippen molar-refractivity contribution in [3.63, 3.8) is 0 Å². The average Bonchev–Trinajstić information content (AvgIpc) is 2.70. The summed E-state index contributed by atoms with van der Waals surface area (Å²) in [6.07, 6.45) is 0. The van der Waals surface area contributed by atoms with E-state index in [2.05, 4.69) is 14.9 Å². The van der Waals surface area contributed by atoms with Crippen LogP contribution in [0.4, 0.5) is 11.4 Å². The van der Waals surface area contributed by atoms with E-state index in [9.17, 15) is 8.42 Å². The van der Waals surface area contributed by atoms with E-state index >= 15 is 0 Å². The lowest BCUT2D eigenvalue weighted by Crippen LogP contribution is -2.43. The van der Waals surface area contributed by atoms with E-state index in [0.29, 0.717) is 16.1 Å². The number of sulfonamides is 1. The normalized spacial score (nSPS) is 14.5. The lowest BCUT2D eigenvalue weighted by molar-refractivity contribution is 0.590. The van der Waals surface area contributed by atoms with Crippen molar-refractivity contribution < 1.29 is 8.42 Å². The summed E-state index contributed by atoms with van der Waals surface area (Å²) in [6, 6.07) is 16.4. The fourth-order valence-electron chi connectivity index (χ4n) is 3.54. The maximum Gasteiger partial charge on any atom is 0.262 e. The summed E-state index contributed by atoms with van der Waals surface area (Å²) in [4.78, 5) is 2.56. The number of nitrogens with zero attached hydrogens (tertiary/aromatic N) is 1. The van der Waals surface area contributed by atoms with Crippen molar-refractivity contribution in [3.8, 4) is 0 Å². The Hall–Kier alpha value is -1.99. The van der Waals surface area contributed by atoms with E-state index in [1.54, 1.807) is 24.3 Å². The number of rotatable bonds is 4. The Morgan fingerprint density at radius 2 is 1.69 bits per heavy atom. The molecule has 0 spiro atoms. The summed E-state index contributed by atoms with van der Waals surface area (Å²) in [7, 11) is -3.76. The maximum absolute atomic E-state index is 13.1. The Morgan fingerprint density at radius 3 is 2.38 bits per heavy atom. The highest BCUT2D eigenvalue weighted by Crippen LogP contribution is 2.33. The molecule has 0 saturated carbocycles. The van der Waals surface area contributed by atoms with Gasteiger partial charge in [-0.25, -0.2) is 8.42 Å². The highest BCUT2D eigenvalue weighted by atomic mass is 35.5. The van der Waals surface area contributed by atoms with Crippen LogP contribution in [0.3, 0.4) is 0 Å². The van der Waals surface area contributed by atoms with Gasteiger partial charge in [0.15, 0.2) is 0 Å². The van der Waals surface area contributed by atoms with Crippen molar-refractivity contribution in [1.82, 2.24) is 5.32 Å². The second kappa shape index (κ2) is 8.79. The van der Waals surface area contributed by atoms with Crippen molar-refractivity contribution in [2.75, 3.05) is 35.8 Å². The van der Waals surface area contributed by atoms with Crippen LogP contribution < -0.4 is 14.9 Å². The average molecular weight is 452 g/mol. The molecule has 29 heavy (non-hydrogen) atoms. The minimum absolute atomic E-state index is 0. The first-order valence-corrected chi connectivity index (χ1v) is 11.1. The van der Waals surface area contributed by atoms with Crippen LogP contribution >= 0.6 is 24.0 Å². The summed E-state index contributed by atoms with van der Waals surface area (Å²) >= 11 is 6.15. The molecule has 0 aliphatic carbocycles. The predicted octanol–water partition coefficient (Wildman–Crippen LogP) is 4.43. The number of fused-ring (bicyclic) bond motifs is 1. The first kappa shape index (κ1) is 21.7. The van der Waals surface area contributed by atoms with Gasteiger partial charge in [-0.2, -0.15) is 0 Å². The first-order chi connectivity index (χ1) is 13.5. The third-order valence-corrected chi connectivity index (χ3v) is 6.88. The van der Waals surface area contributed by atoms with Gasteiger partial charge in [0.25, 0.3) is 10.0 Å². The molecule has 0 bridgehead atoms. The number of halogens is 2. The number of piperazine rings is 1. The number of hydrogen-bond acceptors (Lipinski definition) is 4.